The average molecular weight is 340 g/mol. The zero-order valence-corrected chi connectivity index (χ0v) is 14.0. The molecule has 0 bridgehead atoms. The molecule has 1 heterocycles. The van der Waals surface area contributed by atoms with Crippen molar-refractivity contribution in [2.75, 3.05) is 16.9 Å². The number of hydrogen-bond donors (Lipinski definition) is 2. The van der Waals surface area contributed by atoms with Crippen molar-refractivity contribution in [3.63, 3.8) is 0 Å². The fraction of sp³-hybridized carbons (Fsp3) is 0.357. The average Bonchev–Trinajstić information content (AvgIpc) is 2.82. The van der Waals surface area contributed by atoms with E-state index < -0.39 is 0 Å². The molecule has 0 spiro atoms. The van der Waals surface area contributed by atoms with Gasteiger partial charge in [0, 0.05) is 17.1 Å². The zero-order valence-electron chi connectivity index (χ0n) is 12.5. The molecule has 0 unspecified atom stereocenters. The lowest BCUT2D eigenvalue weighted by Gasteiger charge is -2.07. The molecule has 2 aromatic rings. The van der Waals surface area contributed by atoms with Crippen molar-refractivity contribution in [2.24, 2.45) is 0 Å². The number of amides is 1. The molecule has 8 heteroatoms. The van der Waals surface area contributed by atoms with Gasteiger partial charge in [0.25, 0.3) is 0 Å². The van der Waals surface area contributed by atoms with Crippen LogP contribution in [-0.2, 0) is 11.2 Å². The fourth-order valence-electron chi connectivity index (χ4n) is 1.80. The number of nitrogen functional groups attached to an aromatic ring is 1. The number of nitrogens with one attached hydrogen (secondary N) is 1. The first kappa shape index (κ1) is 16.6. The Balaban J connectivity index is 1.91. The summed E-state index contributed by atoms with van der Waals surface area (Å²) in [6.45, 7) is 3.95. The lowest BCUT2D eigenvalue weighted by Crippen LogP contribution is -2.17. The van der Waals surface area contributed by atoms with Gasteiger partial charge in [-0.25, -0.2) is 4.68 Å². The van der Waals surface area contributed by atoms with Crippen molar-refractivity contribution in [2.45, 2.75) is 31.8 Å². The number of carbonyl (C=O) groups is 1. The molecule has 22 heavy (non-hydrogen) atoms. The second kappa shape index (κ2) is 7.51. The Hall–Kier alpha value is -1.73. The van der Waals surface area contributed by atoms with E-state index in [1.54, 1.807) is 6.07 Å². The minimum atomic E-state index is -0.148. The maximum atomic E-state index is 12.0. The Labute approximate surface area is 138 Å². The van der Waals surface area contributed by atoms with Crippen molar-refractivity contribution in [1.29, 1.82) is 0 Å². The first-order valence-electron chi connectivity index (χ1n) is 6.89. The normalized spacial score (nSPS) is 10.7. The molecule has 0 aliphatic heterocycles. The summed E-state index contributed by atoms with van der Waals surface area (Å²) in [6.07, 6.45) is 1.70. The zero-order chi connectivity index (χ0) is 16.1. The van der Waals surface area contributed by atoms with E-state index in [4.69, 9.17) is 17.4 Å². The number of nitrogens with two attached hydrogens (primary N) is 1. The van der Waals surface area contributed by atoms with Crippen molar-refractivity contribution in [1.82, 2.24) is 14.9 Å². The third-order valence-electron chi connectivity index (χ3n) is 3.00. The molecule has 6 nitrogen and oxygen atoms in total. The molecule has 1 aromatic heterocycles. The number of aryl methyl sites for hydroxylation is 2. The standard InChI is InChI=1S/C14H18ClN5OS/c1-3-4-12-18-19-14(20(12)16)22-8-13(21)17-10-6-5-9(2)11(15)7-10/h5-7H,3-4,8,16H2,1-2H3,(H,17,21). The number of hydrogen-bond acceptors (Lipinski definition) is 5. The lowest BCUT2D eigenvalue weighted by molar-refractivity contribution is -0.113. The highest BCUT2D eigenvalue weighted by atomic mass is 35.5. The van der Waals surface area contributed by atoms with Gasteiger partial charge in [-0.15, -0.1) is 10.2 Å². The van der Waals surface area contributed by atoms with Crippen molar-refractivity contribution >= 4 is 35.0 Å². The first-order chi connectivity index (χ1) is 10.5. The number of thioether (sulfide) groups is 1. The summed E-state index contributed by atoms with van der Waals surface area (Å²) in [5, 5.41) is 11.9. The summed E-state index contributed by atoms with van der Waals surface area (Å²) in [7, 11) is 0. The molecule has 0 saturated carbocycles. The van der Waals surface area contributed by atoms with Gasteiger partial charge in [0.1, 0.15) is 0 Å². The Bertz CT molecular complexity index is 673. The number of nitrogens with zero attached hydrogens (tertiary/aromatic N) is 3. The van der Waals surface area contributed by atoms with Gasteiger partial charge in [-0.05, 0) is 31.0 Å². The van der Waals surface area contributed by atoms with Crippen LogP contribution in [-0.4, -0.2) is 26.5 Å². The number of halogens is 1. The van der Waals surface area contributed by atoms with Gasteiger partial charge in [0.05, 0.1) is 5.75 Å². The molecule has 1 amide bonds. The SMILES string of the molecule is CCCc1nnc(SCC(=O)Nc2ccc(C)c(Cl)c2)n1N. The summed E-state index contributed by atoms with van der Waals surface area (Å²) in [5.41, 5.74) is 1.64. The Morgan fingerprint density at radius 1 is 1.45 bits per heavy atom. The van der Waals surface area contributed by atoms with E-state index in [1.165, 1.54) is 16.4 Å². The van der Waals surface area contributed by atoms with E-state index in [-0.39, 0.29) is 11.7 Å². The maximum Gasteiger partial charge on any atom is 0.234 e. The molecule has 2 rings (SSSR count). The van der Waals surface area contributed by atoms with Crippen LogP contribution in [0.5, 0.6) is 0 Å². The Kier molecular flexibility index (Phi) is 5.68. The molecule has 0 fully saturated rings. The van der Waals surface area contributed by atoms with E-state index in [2.05, 4.69) is 15.5 Å². The van der Waals surface area contributed by atoms with Gasteiger partial charge in [-0.2, -0.15) is 0 Å². The van der Waals surface area contributed by atoms with Crippen molar-refractivity contribution in [3.8, 4) is 0 Å². The van der Waals surface area contributed by atoms with E-state index >= 15 is 0 Å². The minimum Gasteiger partial charge on any atom is -0.336 e. The van der Waals surface area contributed by atoms with Crippen molar-refractivity contribution in [3.05, 3.63) is 34.6 Å². The van der Waals surface area contributed by atoms with Crippen LogP contribution in [0.1, 0.15) is 24.7 Å². The van der Waals surface area contributed by atoms with Gasteiger partial charge >= 0.3 is 0 Å². The number of carbonyl (C=O) groups excluding carboxylic acids is 1. The topological polar surface area (TPSA) is 85.8 Å². The van der Waals surface area contributed by atoms with Gasteiger partial charge < -0.3 is 11.2 Å². The summed E-state index contributed by atoms with van der Waals surface area (Å²) >= 11 is 7.28. The van der Waals surface area contributed by atoms with E-state index in [9.17, 15) is 4.79 Å². The van der Waals surface area contributed by atoms with Crippen LogP contribution in [0, 0.1) is 6.92 Å². The second-order valence-electron chi connectivity index (χ2n) is 4.82. The highest BCUT2D eigenvalue weighted by Gasteiger charge is 2.12. The molecule has 1 aromatic carbocycles. The second-order valence-corrected chi connectivity index (χ2v) is 6.17. The number of rotatable bonds is 6. The minimum absolute atomic E-state index is 0.148. The summed E-state index contributed by atoms with van der Waals surface area (Å²) in [4.78, 5) is 12.0. The highest BCUT2D eigenvalue weighted by molar-refractivity contribution is 7.99. The van der Waals surface area contributed by atoms with Gasteiger partial charge in [-0.1, -0.05) is 36.4 Å². The van der Waals surface area contributed by atoms with Crippen LogP contribution in [0.4, 0.5) is 5.69 Å². The highest BCUT2D eigenvalue weighted by Crippen LogP contribution is 2.21. The molecule has 0 aliphatic rings. The van der Waals surface area contributed by atoms with Crippen LogP contribution in [0.2, 0.25) is 5.02 Å². The molecular formula is C14H18ClN5OS. The molecule has 0 atom stereocenters. The molecule has 0 saturated heterocycles. The summed E-state index contributed by atoms with van der Waals surface area (Å²) in [6, 6.07) is 5.40. The Morgan fingerprint density at radius 2 is 2.23 bits per heavy atom. The van der Waals surface area contributed by atoms with E-state index in [0.717, 1.165) is 24.2 Å². The third-order valence-corrected chi connectivity index (χ3v) is 4.35. The molecule has 0 radical (unpaired) electrons. The van der Waals surface area contributed by atoms with E-state index in [0.29, 0.717) is 15.9 Å². The number of benzene rings is 1. The van der Waals surface area contributed by atoms with Crippen molar-refractivity contribution < 1.29 is 4.79 Å². The fourth-order valence-corrected chi connectivity index (χ4v) is 2.65. The van der Waals surface area contributed by atoms with Gasteiger partial charge in [-0.3, -0.25) is 4.79 Å². The summed E-state index contributed by atoms with van der Waals surface area (Å²) < 4.78 is 1.43. The number of anilines is 1. The van der Waals surface area contributed by atoms with Crippen LogP contribution in [0.25, 0.3) is 0 Å². The Morgan fingerprint density at radius 3 is 2.91 bits per heavy atom. The predicted octanol–water partition coefficient (Wildman–Crippen LogP) is 2.64. The van der Waals surface area contributed by atoms with Crippen LogP contribution in [0.15, 0.2) is 23.4 Å². The molecular weight excluding hydrogens is 322 g/mol. The van der Waals surface area contributed by atoms with Gasteiger partial charge in [0.2, 0.25) is 11.1 Å². The third kappa shape index (κ3) is 4.14. The molecule has 118 valence electrons. The monoisotopic (exact) mass is 339 g/mol. The molecule has 3 N–H and O–H groups in total. The maximum absolute atomic E-state index is 12.0. The van der Waals surface area contributed by atoms with E-state index in [1.807, 2.05) is 26.0 Å². The molecule has 0 aliphatic carbocycles. The van der Waals surface area contributed by atoms with Gasteiger partial charge in [0.15, 0.2) is 5.82 Å². The number of aromatic nitrogens is 3. The first-order valence-corrected chi connectivity index (χ1v) is 8.25. The smallest absolute Gasteiger partial charge is 0.234 e. The largest absolute Gasteiger partial charge is 0.336 e. The van der Waals surface area contributed by atoms with Crippen LogP contribution >= 0.6 is 23.4 Å². The van der Waals surface area contributed by atoms with Crippen LogP contribution < -0.4 is 11.2 Å². The lowest BCUT2D eigenvalue weighted by atomic mass is 10.2. The predicted molar refractivity (Wildman–Crippen MR) is 89.7 cm³/mol. The van der Waals surface area contributed by atoms with Crippen LogP contribution in [0.3, 0.4) is 0 Å². The quantitative estimate of drug-likeness (QED) is 0.624. The summed E-state index contributed by atoms with van der Waals surface area (Å²) in [5.74, 6) is 6.66.